The molecule has 0 fully saturated rings. The topological polar surface area (TPSA) is 89.6 Å². The van der Waals surface area contributed by atoms with E-state index >= 15 is 0 Å². The summed E-state index contributed by atoms with van der Waals surface area (Å²) < 4.78 is 10.5. The fourth-order valence-corrected chi connectivity index (χ4v) is 2.44. The van der Waals surface area contributed by atoms with E-state index in [0.717, 1.165) is 6.42 Å². The van der Waals surface area contributed by atoms with Crippen LogP contribution < -0.4 is 20.1 Å². The summed E-state index contributed by atoms with van der Waals surface area (Å²) in [7, 11) is 0. The van der Waals surface area contributed by atoms with Crippen LogP contribution in [0, 0.1) is 5.92 Å². The molecule has 26 heavy (non-hydrogen) atoms. The van der Waals surface area contributed by atoms with Gasteiger partial charge in [-0.05, 0) is 36.6 Å². The summed E-state index contributed by atoms with van der Waals surface area (Å²) >= 11 is 0. The number of hydrogen-bond acceptors (Lipinski definition) is 5. The van der Waals surface area contributed by atoms with Crippen molar-refractivity contribution in [2.24, 2.45) is 5.92 Å². The molecular formula is C19H21N3O4. The second-order valence-corrected chi connectivity index (χ2v) is 6.39. The number of anilines is 1. The van der Waals surface area contributed by atoms with Crippen LogP contribution in [0.5, 0.6) is 11.5 Å². The van der Waals surface area contributed by atoms with E-state index in [1.165, 1.54) is 12.3 Å². The molecule has 0 radical (unpaired) electrons. The Balaban J connectivity index is 1.65. The molecule has 2 N–H and O–H groups in total. The Bertz CT molecular complexity index is 820. The summed E-state index contributed by atoms with van der Waals surface area (Å²) in [6, 6.07) is 8.20. The quantitative estimate of drug-likeness (QED) is 0.832. The zero-order valence-electron chi connectivity index (χ0n) is 14.7. The summed E-state index contributed by atoms with van der Waals surface area (Å²) in [5.74, 6) is 1.11. The minimum Gasteiger partial charge on any atom is -0.454 e. The molecule has 2 heterocycles. The third-order valence-electron chi connectivity index (χ3n) is 3.89. The van der Waals surface area contributed by atoms with Crippen molar-refractivity contribution in [1.82, 2.24) is 10.3 Å². The van der Waals surface area contributed by atoms with Crippen LogP contribution in [0.2, 0.25) is 0 Å². The molecule has 0 spiro atoms. The van der Waals surface area contributed by atoms with Gasteiger partial charge in [0, 0.05) is 30.1 Å². The van der Waals surface area contributed by atoms with Gasteiger partial charge >= 0.3 is 0 Å². The Labute approximate surface area is 151 Å². The van der Waals surface area contributed by atoms with Gasteiger partial charge in [0.05, 0.1) is 0 Å². The van der Waals surface area contributed by atoms with Gasteiger partial charge in [0.1, 0.15) is 5.69 Å². The number of fused-ring (bicyclic) bond motifs is 1. The lowest BCUT2D eigenvalue weighted by Gasteiger charge is -2.09. The van der Waals surface area contributed by atoms with Crippen LogP contribution in [0.25, 0.3) is 0 Å². The van der Waals surface area contributed by atoms with Gasteiger partial charge in [-0.3, -0.25) is 14.6 Å². The Hall–Kier alpha value is -3.09. The van der Waals surface area contributed by atoms with E-state index < -0.39 is 0 Å². The van der Waals surface area contributed by atoms with Crippen molar-refractivity contribution in [3.05, 3.63) is 47.8 Å². The van der Waals surface area contributed by atoms with Crippen LogP contribution in [0.1, 0.15) is 41.1 Å². The Kier molecular flexibility index (Phi) is 5.36. The molecule has 0 aliphatic carbocycles. The molecule has 0 atom stereocenters. The van der Waals surface area contributed by atoms with Crippen LogP contribution in [-0.2, 0) is 0 Å². The molecule has 136 valence electrons. The average Bonchev–Trinajstić information content (AvgIpc) is 3.09. The summed E-state index contributed by atoms with van der Waals surface area (Å²) in [5, 5.41) is 5.59. The number of aromatic nitrogens is 1. The highest BCUT2D eigenvalue weighted by Gasteiger charge is 2.16. The maximum Gasteiger partial charge on any atom is 0.269 e. The normalized spacial score (nSPS) is 12.1. The molecule has 1 aliphatic rings. The number of amides is 2. The first kappa shape index (κ1) is 17.7. The number of nitrogens with one attached hydrogen (secondary N) is 2. The van der Waals surface area contributed by atoms with Gasteiger partial charge in [0.2, 0.25) is 6.79 Å². The summed E-state index contributed by atoms with van der Waals surface area (Å²) in [6.07, 6.45) is 2.34. The second kappa shape index (κ2) is 7.86. The van der Waals surface area contributed by atoms with E-state index in [9.17, 15) is 9.59 Å². The Morgan fingerprint density at radius 3 is 2.73 bits per heavy atom. The number of carbonyl (C=O) groups is 2. The van der Waals surface area contributed by atoms with Crippen molar-refractivity contribution in [3.63, 3.8) is 0 Å². The average molecular weight is 355 g/mol. The van der Waals surface area contributed by atoms with E-state index in [1.54, 1.807) is 24.3 Å². The van der Waals surface area contributed by atoms with Crippen LogP contribution in [0.3, 0.4) is 0 Å². The van der Waals surface area contributed by atoms with Gasteiger partial charge in [-0.15, -0.1) is 0 Å². The van der Waals surface area contributed by atoms with Gasteiger partial charge in [0.25, 0.3) is 11.8 Å². The van der Waals surface area contributed by atoms with Crippen molar-refractivity contribution < 1.29 is 19.1 Å². The van der Waals surface area contributed by atoms with Gasteiger partial charge in [-0.1, -0.05) is 13.8 Å². The maximum atomic E-state index is 12.4. The van der Waals surface area contributed by atoms with Crippen LogP contribution >= 0.6 is 0 Å². The van der Waals surface area contributed by atoms with Crippen LogP contribution in [0.4, 0.5) is 5.69 Å². The fraction of sp³-hybridized carbons (Fsp3) is 0.316. The number of pyridine rings is 1. The minimum absolute atomic E-state index is 0.173. The van der Waals surface area contributed by atoms with Gasteiger partial charge < -0.3 is 20.1 Å². The monoisotopic (exact) mass is 355 g/mol. The molecule has 7 heteroatoms. The zero-order valence-corrected chi connectivity index (χ0v) is 14.7. The third kappa shape index (κ3) is 4.30. The molecule has 2 amide bonds. The number of ether oxygens (including phenoxy) is 2. The van der Waals surface area contributed by atoms with Crippen molar-refractivity contribution in [1.29, 1.82) is 0 Å². The summed E-state index contributed by atoms with van der Waals surface area (Å²) in [5.41, 5.74) is 1.15. The van der Waals surface area contributed by atoms with E-state index in [0.29, 0.717) is 35.2 Å². The molecule has 0 saturated carbocycles. The highest BCUT2D eigenvalue weighted by Crippen LogP contribution is 2.34. The van der Waals surface area contributed by atoms with E-state index in [-0.39, 0.29) is 24.3 Å². The van der Waals surface area contributed by atoms with Crippen LogP contribution in [-0.4, -0.2) is 30.1 Å². The molecule has 0 saturated heterocycles. The smallest absolute Gasteiger partial charge is 0.269 e. The van der Waals surface area contributed by atoms with Gasteiger partial charge in [-0.2, -0.15) is 0 Å². The van der Waals surface area contributed by atoms with Crippen molar-refractivity contribution in [3.8, 4) is 11.5 Å². The molecule has 7 nitrogen and oxygen atoms in total. The molecule has 1 aromatic heterocycles. The first-order valence-electron chi connectivity index (χ1n) is 8.48. The lowest BCUT2D eigenvalue weighted by Crippen LogP contribution is -2.26. The standard InChI is InChI=1S/C19H21N3O4/c1-12(2)5-7-21-19(24)15-9-13(6-8-20-15)18(23)22-14-3-4-16-17(10-14)26-11-25-16/h3-4,6,8-10,12H,5,7,11H2,1-2H3,(H,21,24)(H,22,23). The largest absolute Gasteiger partial charge is 0.454 e. The minimum atomic E-state index is -0.331. The molecule has 0 bridgehead atoms. The van der Waals surface area contributed by atoms with Crippen molar-refractivity contribution in [2.75, 3.05) is 18.7 Å². The highest BCUT2D eigenvalue weighted by molar-refractivity contribution is 6.05. The first-order valence-corrected chi connectivity index (χ1v) is 8.48. The molecular weight excluding hydrogens is 334 g/mol. The van der Waals surface area contributed by atoms with Crippen LogP contribution in [0.15, 0.2) is 36.5 Å². The molecule has 1 aromatic carbocycles. The van der Waals surface area contributed by atoms with E-state index in [1.807, 2.05) is 0 Å². The molecule has 1 aliphatic heterocycles. The lowest BCUT2D eigenvalue weighted by molar-refractivity contribution is 0.0947. The Morgan fingerprint density at radius 1 is 1.12 bits per heavy atom. The number of hydrogen-bond donors (Lipinski definition) is 2. The fourth-order valence-electron chi connectivity index (χ4n) is 2.44. The third-order valence-corrected chi connectivity index (χ3v) is 3.89. The molecule has 3 rings (SSSR count). The molecule has 0 unspecified atom stereocenters. The first-order chi connectivity index (χ1) is 12.5. The van der Waals surface area contributed by atoms with Crippen molar-refractivity contribution in [2.45, 2.75) is 20.3 Å². The number of rotatable bonds is 6. The second-order valence-electron chi connectivity index (χ2n) is 6.39. The number of carbonyl (C=O) groups excluding carboxylic acids is 2. The predicted octanol–water partition coefficient (Wildman–Crippen LogP) is 2.84. The van der Waals surface area contributed by atoms with Gasteiger partial charge in [0.15, 0.2) is 11.5 Å². The summed E-state index contributed by atoms with van der Waals surface area (Å²) in [4.78, 5) is 28.6. The lowest BCUT2D eigenvalue weighted by atomic mass is 10.1. The van der Waals surface area contributed by atoms with E-state index in [4.69, 9.17) is 9.47 Å². The number of nitrogens with zero attached hydrogens (tertiary/aromatic N) is 1. The van der Waals surface area contributed by atoms with E-state index in [2.05, 4.69) is 29.5 Å². The van der Waals surface area contributed by atoms with Crippen molar-refractivity contribution >= 4 is 17.5 Å². The number of benzene rings is 1. The maximum absolute atomic E-state index is 12.4. The Morgan fingerprint density at radius 2 is 1.92 bits per heavy atom. The summed E-state index contributed by atoms with van der Waals surface area (Å²) in [6.45, 7) is 4.93. The van der Waals surface area contributed by atoms with Gasteiger partial charge in [-0.25, -0.2) is 0 Å². The predicted molar refractivity (Wildman–Crippen MR) is 96.5 cm³/mol. The molecule has 2 aromatic rings. The SMILES string of the molecule is CC(C)CCNC(=O)c1cc(C(=O)Nc2ccc3c(c2)OCO3)ccn1. The highest BCUT2D eigenvalue weighted by atomic mass is 16.7. The zero-order chi connectivity index (χ0) is 18.5.